The first kappa shape index (κ1) is 14.5. The van der Waals surface area contributed by atoms with Crippen molar-refractivity contribution in [3.8, 4) is 0 Å². The molecule has 0 bridgehead atoms. The highest BCUT2D eigenvalue weighted by Gasteiger charge is 2.38. The summed E-state index contributed by atoms with van der Waals surface area (Å²) in [5, 5.41) is 0. The summed E-state index contributed by atoms with van der Waals surface area (Å²) >= 11 is 0. The second-order valence-electron chi connectivity index (χ2n) is 3.33. The summed E-state index contributed by atoms with van der Waals surface area (Å²) < 4.78 is 16.0. The van der Waals surface area contributed by atoms with Gasteiger partial charge in [0.05, 0.1) is 0 Å². The summed E-state index contributed by atoms with van der Waals surface area (Å²) in [4.78, 5) is 11.3. The fraction of sp³-hybridized carbons (Fsp3) is 0.700. The molecule has 0 aromatic heterocycles. The van der Waals surface area contributed by atoms with E-state index in [0.29, 0.717) is 11.6 Å². The van der Waals surface area contributed by atoms with Crippen LogP contribution in [-0.2, 0) is 18.1 Å². The Bertz CT molecular complexity index is 223. The summed E-state index contributed by atoms with van der Waals surface area (Å²) in [6.45, 7) is 7.23. The van der Waals surface area contributed by atoms with Crippen molar-refractivity contribution in [2.24, 2.45) is 0 Å². The van der Waals surface area contributed by atoms with Crippen molar-refractivity contribution in [2.45, 2.75) is 26.3 Å². The maximum Gasteiger partial charge on any atom is 0.500 e. The van der Waals surface area contributed by atoms with E-state index in [1.54, 1.807) is 21.1 Å². The highest BCUT2D eigenvalue weighted by atomic mass is 28.4. The quantitative estimate of drug-likeness (QED) is 0.473. The molecule has 0 aromatic rings. The lowest BCUT2D eigenvalue weighted by molar-refractivity contribution is -0.118. The molecule has 15 heavy (non-hydrogen) atoms. The highest BCUT2D eigenvalue weighted by Crippen LogP contribution is 2.15. The van der Waals surface area contributed by atoms with E-state index in [-0.39, 0.29) is 12.4 Å². The molecule has 0 rings (SSSR count). The van der Waals surface area contributed by atoms with Crippen LogP contribution in [-0.4, -0.2) is 35.4 Å². The lowest BCUT2D eigenvalue weighted by Crippen LogP contribution is -2.44. The summed E-state index contributed by atoms with van der Waals surface area (Å²) in [5.74, 6) is -0.114. The third kappa shape index (κ3) is 4.70. The van der Waals surface area contributed by atoms with E-state index in [4.69, 9.17) is 13.3 Å². The average Bonchev–Trinajstić information content (AvgIpc) is 2.23. The zero-order valence-corrected chi connectivity index (χ0v) is 11.0. The van der Waals surface area contributed by atoms with Crippen molar-refractivity contribution >= 4 is 14.6 Å². The third-order valence-electron chi connectivity index (χ3n) is 2.08. The number of carbonyl (C=O) groups is 1. The van der Waals surface area contributed by atoms with E-state index < -0.39 is 8.80 Å². The van der Waals surface area contributed by atoms with Crippen molar-refractivity contribution in [2.75, 3.05) is 20.8 Å². The standard InChI is InChI=1S/C10H20O4Si/c1-6-7-15(12-4,13-5)14-8-10(11)9(2)3/h2,6-8H2,1,3-5H3. The molecule has 0 aliphatic carbocycles. The van der Waals surface area contributed by atoms with Crippen LogP contribution in [0.4, 0.5) is 0 Å². The maximum atomic E-state index is 11.3. The Hall–Kier alpha value is -0.493. The molecular weight excluding hydrogens is 212 g/mol. The van der Waals surface area contributed by atoms with Crippen molar-refractivity contribution in [3.63, 3.8) is 0 Å². The topological polar surface area (TPSA) is 44.8 Å². The van der Waals surface area contributed by atoms with Gasteiger partial charge in [0.25, 0.3) is 0 Å². The van der Waals surface area contributed by atoms with Gasteiger partial charge in [0.2, 0.25) is 0 Å². The first-order valence-corrected chi connectivity index (χ1v) is 6.87. The largest absolute Gasteiger partial charge is 0.500 e. The number of carbonyl (C=O) groups excluding carboxylic acids is 1. The molecule has 0 atom stereocenters. The van der Waals surface area contributed by atoms with Crippen LogP contribution >= 0.6 is 0 Å². The second kappa shape index (κ2) is 6.89. The van der Waals surface area contributed by atoms with E-state index in [1.165, 1.54) is 0 Å². The predicted molar refractivity (Wildman–Crippen MR) is 60.6 cm³/mol. The lowest BCUT2D eigenvalue weighted by Gasteiger charge is -2.25. The summed E-state index contributed by atoms with van der Waals surface area (Å²) in [6, 6.07) is 0.712. The van der Waals surface area contributed by atoms with Crippen molar-refractivity contribution in [1.82, 2.24) is 0 Å². The van der Waals surface area contributed by atoms with Gasteiger partial charge in [0.1, 0.15) is 6.61 Å². The minimum Gasteiger partial charge on any atom is -0.377 e. The predicted octanol–water partition coefficient (Wildman–Crippen LogP) is 1.79. The molecule has 0 saturated heterocycles. The molecule has 4 nitrogen and oxygen atoms in total. The molecule has 88 valence electrons. The smallest absolute Gasteiger partial charge is 0.377 e. The van der Waals surface area contributed by atoms with Gasteiger partial charge in [0.15, 0.2) is 5.78 Å². The molecule has 5 heteroatoms. The molecule has 0 fully saturated rings. The van der Waals surface area contributed by atoms with Gasteiger partial charge >= 0.3 is 8.80 Å². The SMILES string of the molecule is C=C(C)C(=O)CO[Si](CCC)(OC)OC. The molecule has 0 aliphatic rings. The second-order valence-corrected chi connectivity index (χ2v) is 6.30. The lowest BCUT2D eigenvalue weighted by atomic mass is 10.2. The average molecular weight is 232 g/mol. The molecule has 0 spiro atoms. The van der Waals surface area contributed by atoms with E-state index in [9.17, 15) is 4.79 Å². The summed E-state index contributed by atoms with van der Waals surface area (Å²) in [6.07, 6.45) is 0.898. The van der Waals surface area contributed by atoms with Crippen LogP contribution in [0.25, 0.3) is 0 Å². The number of hydrogen-bond acceptors (Lipinski definition) is 4. The van der Waals surface area contributed by atoms with Crippen LogP contribution in [0.5, 0.6) is 0 Å². The minimum atomic E-state index is -2.61. The molecule has 0 unspecified atom stereocenters. The van der Waals surface area contributed by atoms with Crippen LogP contribution in [0.3, 0.4) is 0 Å². The van der Waals surface area contributed by atoms with Gasteiger partial charge in [-0.15, -0.1) is 0 Å². The first-order valence-electron chi connectivity index (χ1n) is 4.94. The van der Waals surface area contributed by atoms with Crippen LogP contribution in [0.2, 0.25) is 6.04 Å². The maximum absolute atomic E-state index is 11.3. The van der Waals surface area contributed by atoms with Crippen LogP contribution in [0, 0.1) is 0 Å². The fourth-order valence-corrected chi connectivity index (χ4v) is 3.00. The summed E-state index contributed by atoms with van der Waals surface area (Å²) in [7, 11) is 0.490. The molecule has 0 aromatic carbocycles. The monoisotopic (exact) mass is 232 g/mol. The zero-order valence-electron chi connectivity index (χ0n) is 9.96. The molecule has 0 saturated carbocycles. The minimum absolute atomic E-state index is 0.0107. The molecule has 0 radical (unpaired) electrons. The van der Waals surface area contributed by atoms with Crippen molar-refractivity contribution in [3.05, 3.63) is 12.2 Å². The van der Waals surface area contributed by atoms with Crippen LogP contribution in [0.15, 0.2) is 12.2 Å². The number of rotatable bonds is 8. The summed E-state index contributed by atoms with van der Waals surface area (Å²) in [5.41, 5.74) is 0.488. The van der Waals surface area contributed by atoms with Gasteiger partial charge in [-0.05, 0) is 12.5 Å². The number of ketones is 1. The third-order valence-corrected chi connectivity index (χ3v) is 5.02. The van der Waals surface area contributed by atoms with Gasteiger partial charge in [-0.2, -0.15) is 0 Å². The van der Waals surface area contributed by atoms with Crippen molar-refractivity contribution in [1.29, 1.82) is 0 Å². The molecule has 0 aliphatic heterocycles. The van der Waals surface area contributed by atoms with Crippen molar-refractivity contribution < 1.29 is 18.1 Å². The van der Waals surface area contributed by atoms with Gasteiger partial charge in [-0.3, -0.25) is 4.79 Å². The first-order chi connectivity index (χ1) is 7.01. The van der Waals surface area contributed by atoms with E-state index in [1.807, 2.05) is 6.92 Å². The zero-order chi connectivity index (χ0) is 11.9. The fourth-order valence-electron chi connectivity index (χ4n) is 1.08. The van der Waals surface area contributed by atoms with Gasteiger partial charge < -0.3 is 13.3 Å². The Kier molecular flexibility index (Phi) is 6.67. The van der Waals surface area contributed by atoms with Gasteiger partial charge in [0, 0.05) is 20.3 Å². The van der Waals surface area contributed by atoms with E-state index >= 15 is 0 Å². The van der Waals surface area contributed by atoms with E-state index in [2.05, 4.69) is 6.58 Å². The Morgan fingerprint density at radius 2 is 1.87 bits per heavy atom. The molecule has 0 amide bonds. The molecule has 0 heterocycles. The Morgan fingerprint density at radius 1 is 1.33 bits per heavy atom. The Balaban J connectivity index is 4.28. The van der Waals surface area contributed by atoms with Gasteiger partial charge in [-0.1, -0.05) is 19.9 Å². The number of Topliss-reactive ketones (excluding diaryl/α,β-unsaturated/α-hetero) is 1. The van der Waals surface area contributed by atoms with E-state index in [0.717, 1.165) is 6.42 Å². The van der Waals surface area contributed by atoms with Crippen LogP contribution < -0.4 is 0 Å². The number of hydrogen-bond donors (Lipinski definition) is 0. The Morgan fingerprint density at radius 3 is 2.20 bits per heavy atom. The Labute approximate surface area is 92.6 Å². The normalized spacial score (nSPS) is 11.5. The van der Waals surface area contributed by atoms with Gasteiger partial charge in [-0.25, -0.2) is 0 Å². The van der Waals surface area contributed by atoms with Crippen LogP contribution in [0.1, 0.15) is 20.3 Å². The highest BCUT2D eigenvalue weighted by molar-refractivity contribution is 6.60. The molecule has 0 N–H and O–H groups in total. The molecular formula is C10H20O4Si.